The van der Waals surface area contributed by atoms with Gasteiger partial charge in [-0.1, -0.05) is 36.4 Å². The molecule has 0 atom stereocenters. The third kappa shape index (κ3) is 4.08. The Bertz CT molecular complexity index is 738. The highest BCUT2D eigenvalue weighted by atomic mass is 127. The van der Waals surface area contributed by atoms with Crippen molar-refractivity contribution in [2.45, 2.75) is 0 Å². The van der Waals surface area contributed by atoms with Crippen LogP contribution in [0.2, 0.25) is 0 Å². The quantitative estimate of drug-likeness (QED) is 0.600. The molecule has 2 rings (SSSR count). The molecule has 0 radical (unpaired) electrons. The van der Waals surface area contributed by atoms with Crippen molar-refractivity contribution in [3.05, 3.63) is 68.9 Å². The summed E-state index contributed by atoms with van der Waals surface area (Å²) in [5.74, 6) is -1.93. The Morgan fingerprint density at radius 3 is 2.32 bits per heavy atom. The number of carboxylic acid groups (broad SMARTS) is 1. The van der Waals surface area contributed by atoms with E-state index in [9.17, 15) is 19.8 Å². The van der Waals surface area contributed by atoms with Gasteiger partial charge in [-0.25, -0.2) is 4.79 Å². The van der Waals surface area contributed by atoms with E-state index in [1.165, 1.54) is 30.3 Å². The van der Waals surface area contributed by atoms with Crippen molar-refractivity contribution in [3.8, 4) is 5.75 Å². The van der Waals surface area contributed by atoms with Crippen LogP contribution in [0.5, 0.6) is 5.75 Å². The Balaban J connectivity index is 2.26. The third-order valence-corrected chi connectivity index (χ3v) is 3.73. The van der Waals surface area contributed by atoms with Gasteiger partial charge < -0.3 is 15.5 Å². The lowest BCUT2D eigenvalue weighted by atomic mass is 10.1. The number of carbonyl (C=O) groups is 2. The summed E-state index contributed by atoms with van der Waals surface area (Å²) in [6.07, 6.45) is 1.30. The van der Waals surface area contributed by atoms with E-state index in [2.05, 4.69) is 5.32 Å². The molecule has 0 heterocycles. The number of nitrogens with one attached hydrogen (secondary N) is 1. The first-order chi connectivity index (χ1) is 10.5. The van der Waals surface area contributed by atoms with E-state index in [0.29, 0.717) is 11.1 Å². The monoisotopic (exact) mass is 408 g/mol. The van der Waals surface area contributed by atoms with Crippen molar-refractivity contribution in [1.82, 2.24) is 5.32 Å². The maximum atomic E-state index is 12.2. The first kappa shape index (κ1) is 16.0. The largest absolute Gasteiger partial charge is 0.872 e. The normalized spacial score (nSPS) is 11.0. The average Bonchev–Trinajstić information content (AvgIpc) is 2.49. The van der Waals surface area contributed by atoms with Gasteiger partial charge in [0.25, 0.3) is 5.91 Å². The van der Waals surface area contributed by atoms with Gasteiger partial charge in [-0.3, -0.25) is 4.79 Å². The predicted octanol–water partition coefficient (Wildman–Crippen LogP) is 2.22. The summed E-state index contributed by atoms with van der Waals surface area (Å²) in [4.78, 5) is 23.4. The second-order valence-electron chi connectivity index (χ2n) is 4.37. The van der Waals surface area contributed by atoms with Gasteiger partial charge in [-0.05, 0) is 46.4 Å². The van der Waals surface area contributed by atoms with Crippen molar-refractivity contribution >= 4 is 40.5 Å². The molecular weight excluding hydrogens is 397 g/mol. The second kappa shape index (κ2) is 7.08. The lowest BCUT2D eigenvalue weighted by Crippen LogP contribution is -2.27. The molecule has 22 heavy (non-hydrogen) atoms. The fourth-order valence-electron chi connectivity index (χ4n) is 1.72. The number of carbonyl (C=O) groups excluding carboxylic acids is 1. The molecule has 0 spiro atoms. The van der Waals surface area contributed by atoms with Crippen molar-refractivity contribution in [2.75, 3.05) is 0 Å². The molecule has 112 valence electrons. The lowest BCUT2D eigenvalue weighted by Gasteiger charge is -2.08. The van der Waals surface area contributed by atoms with Gasteiger partial charge in [0.2, 0.25) is 0 Å². The molecule has 0 aliphatic heterocycles. The van der Waals surface area contributed by atoms with Crippen LogP contribution in [0.3, 0.4) is 0 Å². The van der Waals surface area contributed by atoms with Crippen LogP contribution in [-0.4, -0.2) is 17.0 Å². The fourth-order valence-corrected chi connectivity index (χ4v) is 2.35. The molecule has 0 unspecified atom stereocenters. The average molecular weight is 408 g/mol. The maximum Gasteiger partial charge on any atom is 0.352 e. The molecule has 0 aromatic heterocycles. The SMILES string of the molecule is O=C(O)/C(=C/c1ccc([O-])cc1)NC(=O)c1ccccc1I. The van der Waals surface area contributed by atoms with Gasteiger partial charge in [0.05, 0.1) is 5.56 Å². The zero-order valence-corrected chi connectivity index (χ0v) is 13.4. The summed E-state index contributed by atoms with van der Waals surface area (Å²) >= 11 is 2.00. The molecule has 2 aromatic rings. The number of aliphatic carboxylic acids is 1. The first-order valence-electron chi connectivity index (χ1n) is 6.25. The summed E-state index contributed by atoms with van der Waals surface area (Å²) in [6, 6.07) is 12.5. The van der Waals surface area contributed by atoms with Crippen molar-refractivity contribution in [3.63, 3.8) is 0 Å². The smallest absolute Gasteiger partial charge is 0.352 e. The van der Waals surface area contributed by atoms with E-state index in [1.807, 2.05) is 22.6 Å². The number of hydrogen-bond acceptors (Lipinski definition) is 3. The van der Waals surface area contributed by atoms with Crippen molar-refractivity contribution < 1.29 is 19.8 Å². The number of hydrogen-bond donors (Lipinski definition) is 2. The van der Waals surface area contributed by atoms with Gasteiger partial charge in [-0.2, -0.15) is 0 Å². The number of halogens is 1. The fraction of sp³-hybridized carbons (Fsp3) is 0. The summed E-state index contributed by atoms with van der Waals surface area (Å²) in [5.41, 5.74) is 0.647. The molecule has 0 fully saturated rings. The predicted molar refractivity (Wildman–Crippen MR) is 88.1 cm³/mol. The Kier molecular flexibility index (Phi) is 5.16. The highest BCUT2D eigenvalue weighted by Crippen LogP contribution is 2.13. The minimum Gasteiger partial charge on any atom is -0.872 e. The Morgan fingerprint density at radius 1 is 1.09 bits per heavy atom. The topological polar surface area (TPSA) is 89.5 Å². The van der Waals surface area contributed by atoms with Crippen molar-refractivity contribution in [2.24, 2.45) is 0 Å². The number of carboxylic acids is 1. The number of amides is 1. The Labute approximate surface area is 140 Å². The van der Waals surface area contributed by atoms with Gasteiger partial charge >= 0.3 is 5.97 Å². The molecule has 0 saturated carbocycles. The lowest BCUT2D eigenvalue weighted by molar-refractivity contribution is -0.268. The van der Waals surface area contributed by atoms with Gasteiger partial charge in [-0.15, -0.1) is 5.75 Å². The molecule has 2 aromatic carbocycles. The van der Waals surface area contributed by atoms with Crippen LogP contribution in [0.4, 0.5) is 0 Å². The van der Waals surface area contributed by atoms with E-state index < -0.39 is 11.9 Å². The van der Waals surface area contributed by atoms with Gasteiger partial charge in [0, 0.05) is 3.57 Å². The molecule has 0 saturated heterocycles. The molecule has 2 N–H and O–H groups in total. The summed E-state index contributed by atoms with van der Waals surface area (Å²) < 4.78 is 0.720. The van der Waals surface area contributed by atoms with E-state index in [-0.39, 0.29) is 11.4 Å². The van der Waals surface area contributed by atoms with Gasteiger partial charge in [0.1, 0.15) is 5.70 Å². The highest BCUT2D eigenvalue weighted by molar-refractivity contribution is 14.1. The molecule has 0 aliphatic rings. The summed E-state index contributed by atoms with van der Waals surface area (Å²) in [6.45, 7) is 0. The highest BCUT2D eigenvalue weighted by Gasteiger charge is 2.15. The molecule has 0 aliphatic carbocycles. The minimum atomic E-state index is -1.26. The van der Waals surface area contributed by atoms with Crippen LogP contribution >= 0.6 is 22.6 Å². The molecule has 0 bridgehead atoms. The van der Waals surface area contributed by atoms with Crippen LogP contribution in [0.25, 0.3) is 6.08 Å². The van der Waals surface area contributed by atoms with E-state index in [1.54, 1.807) is 24.3 Å². The van der Waals surface area contributed by atoms with E-state index >= 15 is 0 Å². The van der Waals surface area contributed by atoms with Crippen LogP contribution in [0.1, 0.15) is 15.9 Å². The maximum absolute atomic E-state index is 12.2. The van der Waals surface area contributed by atoms with E-state index in [4.69, 9.17) is 0 Å². The standard InChI is InChI=1S/C16H12INO4/c17-13-4-2-1-3-12(13)15(20)18-14(16(21)22)9-10-5-7-11(19)8-6-10/h1-9,19H,(H,18,20)(H,21,22)/p-1/b14-9-. The van der Waals surface area contributed by atoms with Gasteiger partial charge in [0.15, 0.2) is 0 Å². The third-order valence-electron chi connectivity index (χ3n) is 2.79. The van der Waals surface area contributed by atoms with Crippen molar-refractivity contribution in [1.29, 1.82) is 0 Å². The van der Waals surface area contributed by atoms with Crippen LogP contribution in [-0.2, 0) is 4.79 Å². The Hall–Kier alpha value is -2.35. The molecule has 6 heteroatoms. The van der Waals surface area contributed by atoms with Crippen LogP contribution < -0.4 is 10.4 Å². The zero-order chi connectivity index (χ0) is 16.1. The molecule has 1 amide bonds. The summed E-state index contributed by atoms with van der Waals surface area (Å²) in [5, 5.41) is 22.6. The summed E-state index contributed by atoms with van der Waals surface area (Å²) in [7, 11) is 0. The van der Waals surface area contributed by atoms with E-state index in [0.717, 1.165) is 3.57 Å². The number of rotatable bonds is 4. The van der Waals surface area contributed by atoms with Crippen LogP contribution in [0.15, 0.2) is 54.2 Å². The molecular formula is C16H11INO4-. The van der Waals surface area contributed by atoms with Crippen LogP contribution in [0, 0.1) is 3.57 Å². The first-order valence-corrected chi connectivity index (χ1v) is 7.33. The molecule has 5 nitrogen and oxygen atoms in total. The zero-order valence-electron chi connectivity index (χ0n) is 11.2. The second-order valence-corrected chi connectivity index (χ2v) is 5.53. The Morgan fingerprint density at radius 2 is 1.73 bits per heavy atom. The number of benzene rings is 2. The minimum absolute atomic E-state index is 0.170.